The zero-order valence-corrected chi connectivity index (χ0v) is 43.1. The van der Waals surface area contributed by atoms with Gasteiger partial charge in [0.25, 0.3) is 10.0 Å². The number of hydrogen-bond donors (Lipinski definition) is 6. The van der Waals surface area contributed by atoms with Gasteiger partial charge in [0.05, 0.1) is 40.1 Å². The van der Waals surface area contributed by atoms with Crippen molar-refractivity contribution in [1.29, 1.82) is 0 Å². The predicted octanol–water partition coefficient (Wildman–Crippen LogP) is 7.45. The van der Waals surface area contributed by atoms with Crippen molar-refractivity contribution in [2.24, 2.45) is 0 Å². The number of anilines is 5. The highest BCUT2D eigenvalue weighted by Crippen LogP contribution is 2.38. The second-order valence-corrected chi connectivity index (χ2v) is 21.0. The van der Waals surface area contributed by atoms with E-state index in [1.54, 1.807) is 24.4 Å². The Morgan fingerprint density at radius 1 is 0.632 bits per heavy atom. The Balaban J connectivity index is 0.000000179. The molecule has 9 aromatic rings. The highest BCUT2D eigenvalue weighted by Gasteiger charge is 2.28. The van der Waals surface area contributed by atoms with E-state index in [0.717, 1.165) is 64.9 Å². The molecule has 0 radical (unpaired) electrons. The minimum Gasteiger partial charge on any atom is -0.381 e. The lowest BCUT2D eigenvalue weighted by Gasteiger charge is -2.37. The fourth-order valence-electron chi connectivity index (χ4n) is 9.84. The number of nitrogens with two attached hydrogens (primary N) is 1. The number of nitrogen functional groups attached to an aromatic ring is 1. The number of rotatable bonds is 12. The molecular formula is C53H56F3N17O2S. The van der Waals surface area contributed by atoms with Crippen LogP contribution in [0.4, 0.5) is 42.3 Å². The molecule has 0 aliphatic carbocycles. The third-order valence-electron chi connectivity index (χ3n) is 13.2. The van der Waals surface area contributed by atoms with Crippen molar-refractivity contribution < 1.29 is 21.6 Å². The van der Waals surface area contributed by atoms with Crippen LogP contribution in [0.25, 0.3) is 44.3 Å². The lowest BCUT2D eigenvalue weighted by atomic mass is 10.1. The minimum atomic E-state index is -4.16. The summed E-state index contributed by atoms with van der Waals surface area (Å²) < 4.78 is 72.5. The van der Waals surface area contributed by atoms with Crippen LogP contribution in [0, 0.1) is 24.5 Å². The molecule has 4 atom stereocenters. The second-order valence-electron chi connectivity index (χ2n) is 19.2. The molecule has 2 fully saturated rings. The quantitative estimate of drug-likeness (QED) is 0.0652. The summed E-state index contributed by atoms with van der Waals surface area (Å²) in [6, 6.07) is 22.5. The predicted molar refractivity (Wildman–Crippen MR) is 288 cm³/mol. The summed E-state index contributed by atoms with van der Waals surface area (Å²) in [5.41, 5.74) is 9.66. The van der Waals surface area contributed by atoms with E-state index in [1.165, 1.54) is 43.2 Å². The van der Waals surface area contributed by atoms with E-state index < -0.39 is 27.6 Å². The molecule has 0 bridgehead atoms. The number of H-pyrrole nitrogens is 1. The number of fused-ring (bicyclic) bond motifs is 2. The summed E-state index contributed by atoms with van der Waals surface area (Å²) in [6.07, 6.45) is 8.24. The maximum absolute atomic E-state index is 15.1. The van der Waals surface area contributed by atoms with Crippen LogP contribution in [0.15, 0.2) is 115 Å². The molecular weight excluding hydrogens is 996 g/mol. The van der Waals surface area contributed by atoms with E-state index in [1.807, 2.05) is 43.3 Å². The Labute approximate surface area is 436 Å². The minimum absolute atomic E-state index is 0.00944. The Bertz CT molecular complexity index is 3650. The molecule has 2 saturated heterocycles. The van der Waals surface area contributed by atoms with Crippen LogP contribution < -0.4 is 36.8 Å². The Kier molecular flexibility index (Phi) is 14.5. The number of aromatic nitrogens is 10. The van der Waals surface area contributed by atoms with Gasteiger partial charge in [-0.15, -0.1) is 0 Å². The molecule has 0 saturated carbocycles. The average Bonchev–Trinajstić information content (AvgIpc) is 4.04. The number of nitrogens with one attached hydrogen (secondary N) is 5. The Morgan fingerprint density at radius 2 is 1.17 bits per heavy atom. The number of halogens is 3. The molecule has 11 rings (SSSR count). The monoisotopic (exact) mass is 1050 g/mol. The first kappa shape index (κ1) is 51.2. The first-order chi connectivity index (χ1) is 36.6. The van der Waals surface area contributed by atoms with Gasteiger partial charge in [-0.3, -0.25) is 0 Å². The number of pyridine rings is 4. The summed E-state index contributed by atoms with van der Waals surface area (Å²) in [7, 11) is -4.16. The normalized spacial score (nSPS) is 17.9. The molecule has 19 nitrogen and oxygen atoms in total. The Hall–Kier alpha value is -8.28. The highest BCUT2D eigenvalue weighted by atomic mass is 32.2. The molecule has 2 aliphatic rings. The van der Waals surface area contributed by atoms with Gasteiger partial charge in [-0.05, 0) is 83.1 Å². The molecule has 0 amide bonds. The molecule has 76 heavy (non-hydrogen) atoms. The van der Waals surface area contributed by atoms with Gasteiger partial charge in [0.2, 0.25) is 5.95 Å². The number of benzene rings is 1. The number of aromatic amines is 1. The van der Waals surface area contributed by atoms with E-state index in [-0.39, 0.29) is 45.2 Å². The molecule has 1 aromatic carbocycles. The molecule has 2 aliphatic heterocycles. The number of piperazine rings is 2. The lowest BCUT2D eigenvalue weighted by molar-refractivity contribution is 0.405. The van der Waals surface area contributed by atoms with Crippen molar-refractivity contribution >= 4 is 61.2 Å². The van der Waals surface area contributed by atoms with Crippen LogP contribution in [0.2, 0.25) is 0 Å². The maximum Gasteiger partial charge on any atom is 0.269 e. The van der Waals surface area contributed by atoms with Crippen molar-refractivity contribution in [2.75, 3.05) is 52.3 Å². The van der Waals surface area contributed by atoms with Crippen molar-refractivity contribution in [3.63, 3.8) is 0 Å². The van der Waals surface area contributed by atoms with E-state index in [0.29, 0.717) is 58.7 Å². The number of hydrogen-bond acceptors (Lipinski definition) is 17. The number of aryl methyl sites for hydroxylation is 1. The topological polar surface area (TPSA) is 239 Å². The average molecular weight is 1050 g/mol. The SMILES string of the molecule is C[C@@H]1CN(c2cccc(CNc3ncnc4[nH]cc(-c5ccnc(N)c5F)c34)n2)C[C@H](C)N1.Cc1ccc(S(=O)(=O)n2cc(-c3ccnc(F)c3F)c3c(NCc4cccc(N5C[C@@H](C)N[C@@H](C)C5)n4)ncnc32)cc1. The molecule has 0 unspecified atom stereocenters. The summed E-state index contributed by atoms with van der Waals surface area (Å²) in [5, 5.41) is 14.5. The summed E-state index contributed by atoms with van der Waals surface area (Å²) in [4.78, 5) is 41.8. The van der Waals surface area contributed by atoms with Gasteiger partial charge in [-0.2, -0.15) is 4.39 Å². The van der Waals surface area contributed by atoms with E-state index in [4.69, 9.17) is 15.7 Å². The van der Waals surface area contributed by atoms with Crippen molar-refractivity contribution in [1.82, 2.24) is 59.5 Å². The fourth-order valence-corrected chi connectivity index (χ4v) is 11.2. The van der Waals surface area contributed by atoms with Crippen LogP contribution in [0.3, 0.4) is 0 Å². The van der Waals surface area contributed by atoms with Gasteiger partial charge >= 0.3 is 0 Å². The van der Waals surface area contributed by atoms with Crippen LogP contribution in [0.5, 0.6) is 0 Å². The molecule has 8 aromatic heterocycles. The molecule has 23 heteroatoms. The first-order valence-electron chi connectivity index (χ1n) is 24.7. The van der Waals surface area contributed by atoms with Crippen LogP contribution in [0.1, 0.15) is 44.6 Å². The van der Waals surface area contributed by atoms with Gasteiger partial charge in [-0.25, -0.2) is 61.0 Å². The molecule has 392 valence electrons. The largest absolute Gasteiger partial charge is 0.381 e. The van der Waals surface area contributed by atoms with E-state index >= 15 is 4.39 Å². The van der Waals surface area contributed by atoms with Crippen molar-refractivity contribution in [2.45, 2.75) is 76.8 Å². The van der Waals surface area contributed by atoms with Crippen LogP contribution in [-0.4, -0.2) is 108 Å². The van der Waals surface area contributed by atoms with E-state index in [2.05, 4.69) is 93.6 Å². The maximum atomic E-state index is 15.1. The third kappa shape index (κ3) is 10.7. The van der Waals surface area contributed by atoms with Gasteiger partial charge in [0, 0.05) is 97.4 Å². The molecule has 10 heterocycles. The van der Waals surface area contributed by atoms with Gasteiger partial charge < -0.3 is 41.8 Å². The van der Waals surface area contributed by atoms with Crippen LogP contribution >= 0.6 is 0 Å². The molecule has 0 spiro atoms. The lowest BCUT2D eigenvalue weighted by Crippen LogP contribution is -2.54. The van der Waals surface area contributed by atoms with Gasteiger partial charge in [0.1, 0.15) is 41.6 Å². The smallest absolute Gasteiger partial charge is 0.269 e. The van der Waals surface area contributed by atoms with E-state index in [9.17, 15) is 17.2 Å². The zero-order valence-electron chi connectivity index (χ0n) is 42.3. The van der Waals surface area contributed by atoms with Crippen LogP contribution in [-0.2, 0) is 23.1 Å². The highest BCUT2D eigenvalue weighted by molar-refractivity contribution is 7.90. The van der Waals surface area contributed by atoms with Crippen molar-refractivity contribution in [3.05, 3.63) is 145 Å². The summed E-state index contributed by atoms with van der Waals surface area (Å²) in [6.45, 7) is 14.6. The van der Waals surface area contributed by atoms with Gasteiger partial charge in [-0.1, -0.05) is 29.8 Å². The van der Waals surface area contributed by atoms with Crippen molar-refractivity contribution in [3.8, 4) is 22.3 Å². The third-order valence-corrected chi connectivity index (χ3v) is 14.8. The molecule has 7 N–H and O–H groups in total. The zero-order chi connectivity index (χ0) is 53.3. The number of nitrogens with zero attached hydrogens (tertiary/aromatic N) is 11. The standard InChI is InChI=1S/C30H30F2N8O2S.C23H26FN9/c1-18-7-9-22(10-8-18)43(41,42)40-16-24(23-11-12-33-28(32)27(23)31)26-29(35-17-36-30(26)40)34-13-21-5-4-6-25(38-21)39-14-19(2)37-20(3)15-39;1-13-10-33(11-14(2)31-13)18-5-3-4-15(32-18)8-27-22-19-17(9-28-23(19)30-12-29-22)16-6-7-26-21(25)20(16)24/h4-12,16-17,19-20,37H,13-15H2,1-3H3,(H,34,35,36);3-7,9,12-14,31H,8,10-11H2,1-2H3,(H2,25,26)(H2,27,28,29,30)/t19-,20+;13-,14+. The Morgan fingerprint density at radius 3 is 1.76 bits per heavy atom. The first-order valence-corrected chi connectivity index (χ1v) is 26.2. The fraction of sp³-hybridized carbons (Fsp3) is 0.283. The van der Waals surface area contributed by atoms with Gasteiger partial charge in [0.15, 0.2) is 23.1 Å². The summed E-state index contributed by atoms with van der Waals surface area (Å²) >= 11 is 0. The second kappa shape index (κ2) is 21.5. The summed E-state index contributed by atoms with van der Waals surface area (Å²) in [5.74, 6) is -0.597.